The number of aliphatic hydroxyl groups excluding tert-OH is 1. The van der Waals surface area contributed by atoms with E-state index >= 15 is 0 Å². The van der Waals surface area contributed by atoms with E-state index in [2.05, 4.69) is 20.3 Å². The average molecular weight is 380 g/mol. The zero-order valence-electron chi connectivity index (χ0n) is 15.9. The number of aliphatic hydroxyl groups is 1. The standard InChI is InChI=1S/C20H24N6O2/c1-26(12-15-11-22-16-4-2-3-5-17(16)23-15)19-10-18(14-6-9-28-13-14)24-20(25-19)21-7-8-27/h2-5,10-11,14,27H,6-9,12-13H2,1H3,(H,21,24,25)/t14-/m1/s1. The molecule has 1 atom stereocenters. The number of fused-ring (bicyclic) bond motifs is 1. The molecule has 8 nitrogen and oxygen atoms in total. The summed E-state index contributed by atoms with van der Waals surface area (Å²) in [6.45, 7) is 2.44. The average Bonchev–Trinajstić information content (AvgIpc) is 3.27. The fourth-order valence-corrected chi connectivity index (χ4v) is 3.27. The number of nitrogens with zero attached hydrogens (tertiary/aromatic N) is 5. The van der Waals surface area contributed by atoms with E-state index < -0.39 is 0 Å². The predicted molar refractivity (Wildman–Crippen MR) is 107 cm³/mol. The van der Waals surface area contributed by atoms with Gasteiger partial charge in [0.25, 0.3) is 0 Å². The molecule has 146 valence electrons. The van der Waals surface area contributed by atoms with Crippen LogP contribution in [0, 0.1) is 0 Å². The largest absolute Gasteiger partial charge is 0.395 e. The molecule has 1 fully saturated rings. The molecule has 1 saturated heterocycles. The molecule has 2 aromatic heterocycles. The maximum atomic E-state index is 9.10. The molecule has 0 aliphatic carbocycles. The Morgan fingerprint density at radius 1 is 1.21 bits per heavy atom. The van der Waals surface area contributed by atoms with Crippen LogP contribution in [0.2, 0.25) is 0 Å². The Hall–Kier alpha value is -2.84. The van der Waals surface area contributed by atoms with E-state index in [0.29, 0.717) is 25.6 Å². The van der Waals surface area contributed by atoms with Gasteiger partial charge in [0.2, 0.25) is 5.95 Å². The number of hydrogen-bond donors (Lipinski definition) is 2. The van der Waals surface area contributed by atoms with Crippen molar-refractivity contribution in [1.82, 2.24) is 19.9 Å². The molecule has 0 radical (unpaired) electrons. The van der Waals surface area contributed by atoms with Gasteiger partial charge in [-0.15, -0.1) is 0 Å². The van der Waals surface area contributed by atoms with E-state index in [1.807, 2.05) is 42.3 Å². The minimum Gasteiger partial charge on any atom is -0.395 e. The molecule has 3 heterocycles. The Morgan fingerprint density at radius 3 is 2.86 bits per heavy atom. The molecule has 0 spiro atoms. The first kappa shape index (κ1) is 18.5. The highest BCUT2D eigenvalue weighted by Gasteiger charge is 2.21. The molecule has 1 aliphatic heterocycles. The minimum absolute atomic E-state index is 0.0258. The van der Waals surface area contributed by atoms with Crippen LogP contribution >= 0.6 is 0 Å². The van der Waals surface area contributed by atoms with Gasteiger partial charge in [0, 0.05) is 32.2 Å². The van der Waals surface area contributed by atoms with Crippen LogP contribution in [-0.4, -0.2) is 58.5 Å². The first-order valence-corrected chi connectivity index (χ1v) is 9.46. The van der Waals surface area contributed by atoms with Crippen LogP contribution in [0.3, 0.4) is 0 Å². The molecule has 8 heteroatoms. The molecule has 0 amide bonds. The molecular weight excluding hydrogens is 356 g/mol. The Bertz CT molecular complexity index is 945. The van der Waals surface area contributed by atoms with Crippen molar-refractivity contribution in [2.24, 2.45) is 0 Å². The molecule has 1 aromatic carbocycles. The Kier molecular flexibility index (Phi) is 5.59. The van der Waals surface area contributed by atoms with Crippen LogP contribution in [0.15, 0.2) is 36.5 Å². The molecular formula is C20H24N6O2. The quantitative estimate of drug-likeness (QED) is 0.642. The second-order valence-corrected chi connectivity index (χ2v) is 6.89. The van der Waals surface area contributed by atoms with Crippen molar-refractivity contribution in [3.05, 3.63) is 47.9 Å². The van der Waals surface area contributed by atoms with Gasteiger partial charge < -0.3 is 20.1 Å². The maximum Gasteiger partial charge on any atom is 0.224 e. The lowest BCUT2D eigenvalue weighted by molar-refractivity contribution is 0.193. The van der Waals surface area contributed by atoms with Crippen molar-refractivity contribution < 1.29 is 9.84 Å². The van der Waals surface area contributed by atoms with E-state index in [1.54, 1.807) is 6.20 Å². The summed E-state index contributed by atoms with van der Waals surface area (Å²) < 4.78 is 5.52. The Balaban J connectivity index is 1.58. The SMILES string of the molecule is CN(Cc1cnc2ccccc2n1)c1cc([C@@H]2CCOC2)nc(NCCO)n1. The highest BCUT2D eigenvalue weighted by Crippen LogP contribution is 2.27. The van der Waals surface area contributed by atoms with Gasteiger partial charge in [-0.2, -0.15) is 4.98 Å². The summed E-state index contributed by atoms with van der Waals surface area (Å²) in [5.41, 5.74) is 3.59. The Labute approximate surface area is 163 Å². The summed E-state index contributed by atoms with van der Waals surface area (Å²) in [5, 5.41) is 12.2. The van der Waals surface area contributed by atoms with Crippen LogP contribution < -0.4 is 10.2 Å². The second kappa shape index (κ2) is 8.45. The van der Waals surface area contributed by atoms with E-state index in [4.69, 9.17) is 14.8 Å². The molecule has 3 aromatic rings. The first-order valence-electron chi connectivity index (χ1n) is 9.46. The number of benzene rings is 1. The number of nitrogens with one attached hydrogen (secondary N) is 1. The zero-order chi connectivity index (χ0) is 19.3. The maximum absolute atomic E-state index is 9.10. The van der Waals surface area contributed by atoms with Gasteiger partial charge in [-0.3, -0.25) is 4.98 Å². The fourth-order valence-electron chi connectivity index (χ4n) is 3.27. The predicted octanol–water partition coefficient (Wildman–Crippen LogP) is 1.96. The summed E-state index contributed by atoms with van der Waals surface area (Å²) in [4.78, 5) is 20.4. The number of aromatic nitrogens is 4. The third-order valence-electron chi connectivity index (χ3n) is 4.76. The van der Waals surface area contributed by atoms with Crippen molar-refractivity contribution in [3.8, 4) is 0 Å². The van der Waals surface area contributed by atoms with Crippen LogP contribution in [0.1, 0.15) is 23.7 Å². The van der Waals surface area contributed by atoms with Gasteiger partial charge in [-0.25, -0.2) is 9.97 Å². The molecule has 0 bridgehead atoms. The van der Waals surface area contributed by atoms with E-state index in [9.17, 15) is 0 Å². The summed E-state index contributed by atoms with van der Waals surface area (Å²) >= 11 is 0. The Morgan fingerprint density at radius 2 is 2.07 bits per heavy atom. The first-order chi connectivity index (χ1) is 13.7. The minimum atomic E-state index is 0.0258. The summed E-state index contributed by atoms with van der Waals surface area (Å²) in [6.07, 6.45) is 2.76. The van der Waals surface area contributed by atoms with Crippen LogP contribution in [0.5, 0.6) is 0 Å². The molecule has 2 N–H and O–H groups in total. The smallest absolute Gasteiger partial charge is 0.224 e. The fraction of sp³-hybridized carbons (Fsp3) is 0.400. The summed E-state index contributed by atoms with van der Waals surface area (Å²) in [7, 11) is 1.98. The number of hydrogen-bond acceptors (Lipinski definition) is 8. The van der Waals surface area contributed by atoms with Crippen LogP contribution in [0.4, 0.5) is 11.8 Å². The second-order valence-electron chi connectivity index (χ2n) is 6.89. The lowest BCUT2D eigenvalue weighted by atomic mass is 10.0. The molecule has 4 rings (SSSR count). The van der Waals surface area contributed by atoms with Crippen molar-refractivity contribution in [2.45, 2.75) is 18.9 Å². The monoisotopic (exact) mass is 380 g/mol. The molecule has 0 unspecified atom stereocenters. The van der Waals surface area contributed by atoms with E-state index in [0.717, 1.165) is 41.3 Å². The van der Waals surface area contributed by atoms with Gasteiger partial charge in [-0.05, 0) is 18.6 Å². The highest BCUT2D eigenvalue weighted by atomic mass is 16.5. The lowest BCUT2D eigenvalue weighted by Crippen LogP contribution is -2.21. The topological polar surface area (TPSA) is 96.3 Å². The summed E-state index contributed by atoms with van der Waals surface area (Å²) in [6, 6.07) is 9.85. The zero-order valence-corrected chi connectivity index (χ0v) is 15.9. The third-order valence-corrected chi connectivity index (χ3v) is 4.76. The molecule has 0 saturated carbocycles. The lowest BCUT2D eigenvalue weighted by Gasteiger charge is -2.20. The van der Waals surface area contributed by atoms with E-state index in [1.165, 1.54) is 0 Å². The van der Waals surface area contributed by atoms with Crippen LogP contribution in [-0.2, 0) is 11.3 Å². The van der Waals surface area contributed by atoms with Gasteiger partial charge >= 0.3 is 0 Å². The van der Waals surface area contributed by atoms with E-state index in [-0.39, 0.29) is 12.5 Å². The van der Waals surface area contributed by atoms with Crippen molar-refractivity contribution >= 4 is 22.8 Å². The molecule has 28 heavy (non-hydrogen) atoms. The van der Waals surface area contributed by atoms with Gasteiger partial charge in [0.15, 0.2) is 0 Å². The number of rotatable bonds is 7. The summed E-state index contributed by atoms with van der Waals surface area (Å²) in [5.74, 6) is 1.59. The van der Waals surface area contributed by atoms with Crippen molar-refractivity contribution in [3.63, 3.8) is 0 Å². The molecule has 1 aliphatic rings. The van der Waals surface area contributed by atoms with Crippen LogP contribution in [0.25, 0.3) is 11.0 Å². The number of anilines is 2. The normalized spacial score (nSPS) is 16.4. The van der Waals surface area contributed by atoms with Crippen molar-refractivity contribution in [1.29, 1.82) is 0 Å². The van der Waals surface area contributed by atoms with Gasteiger partial charge in [-0.1, -0.05) is 12.1 Å². The highest BCUT2D eigenvalue weighted by molar-refractivity contribution is 5.73. The number of para-hydroxylation sites is 2. The van der Waals surface area contributed by atoms with Gasteiger partial charge in [0.05, 0.1) is 48.4 Å². The number of ether oxygens (including phenoxy) is 1. The van der Waals surface area contributed by atoms with Gasteiger partial charge in [0.1, 0.15) is 5.82 Å². The third kappa shape index (κ3) is 4.18. The van der Waals surface area contributed by atoms with Crippen molar-refractivity contribution in [2.75, 3.05) is 43.6 Å².